The monoisotopic (exact) mass is 380 g/mol. The van der Waals surface area contributed by atoms with Gasteiger partial charge in [0, 0.05) is 32.8 Å². The molecule has 0 aliphatic carbocycles. The van der Waals surface area contributed by atoms with Crippen molar-refractivity contribution in [1.82, 2.24) is 0 Å². The van der Waals surface area contributed by atoms with E-state index >= 15 is 0 Å². The lowest BCUT2D eigenvalue weighted by atomic mass is 10.1. The number of phenolic OH excluding ortho intramolecular Hbond substituents is 1. The van der Waals surface area contributed by atoms with Crippen molar-refractivity contribution < 1.29 is 24.1 Å². The molecular weight excluding hydrogens is 344 g/mol. The fraction of sp³-hybridized carbons (Fsp3) is 0.682. The topological polar surface area (TPSA) is 65.0 Å². The van der Waals surface area contributed by atoms with Crippen LogP contribution in [0.5, 0.6) is 5.75 Å². The second-order valence-corrected chi connectivity index (χ2v) is 6.74. The van der Waals surface area contributed by atoms with E-state index in [2.05, 4.69) is 6.92 Å². The van der Waals surface area contributed by atoms with Crippen LogP contribution in [0.3, 0.4) is 0 Å². The van der Waals surface area contributed by atoms with Crippen LogP contribution in [0, 0.1) is 0 Å². The van der Waals surface area contributed by atoms with E-state index in [1.807, 2.05) is 0 Å². The Labute approximate surface area is 164 Å². The van der Waals surface area contributed by atoms with Crippen molar-refractivity contribution in [2.45, 2.75) is 64.7 Å². The molecule has 1 aromatic carbocycles. The van der Waals surface area contributed by atoms with Gasteiger partial charge in [-0.15, -0.1) is 0 Å². The molecule has 1 aromatic rings. The van der Waals surface area contributed by atoms with Gasteiger partial charge in [0.2, 0.25) is 0 Å². The van der Waals surface area contributed by atoms with Gasteiger partial charge in [0.25, 0.3) is 0 Å². The molecule has 0 atom stereocenters. The Hall–Kier alpha value is -1.59. The number of benzene rings is 1. The maximum absolute atomic E-state index is 11.7. The molecule has 0 aromatic heterocycles. The fourth-order valence-electron chi connectivity index (χ4n) is 2.60. The van der Waals surface area contributed by atoms with Gasteiger partial charge < -0.3 is 19.3 Å². The van der Waals surface area contributed by atoms with Gasteiger partial charge in [0.05, 0.1) is 12.2 Å². The zero-order valence-electron chi connectivity index (χ0n) is 16.8. The van der Waals surface area contributed by atoms with Crippen LogP contribution in [-0.4, -0.2) is 44.1 Å². The van der Waals surface area contributed by atoms with E-state index < -0.39 is 0 Å². The van der Waals surface area contributed by atoms with Crippen molar-refractivity contribution in [3.8, 4) is 5.75 Å². The van der Waals surface area contributed by atoms with Gasteiger partial charge in [-0.3, -0.25) is 0 Å². The van der Waals surface area contributed by atoms with E-state index in [4.69, 9.17) is 14.2 Å². The third-order valence-corrected chi connectivity index (χ3v) is 4.24. The Morgan fingerprint density at radius 3 is 1.89 bits per heavy atom. The van der Waals surface area contributed by atoms with Gasteiger partial charge in [-0.05, 0) is 43.5 Å². The number of hydrogen-bond acceptors (Lipinski definition) is 5. The van der Waals surface area contributed by atoms with Crippen molar-refractivity contribution in [3.05, 3.63) is 29.8 Å². The molecule has 0 spiro atoms. The molecular formula is C22H36O5. The molecule has 0 radical (unpaired) electrons. The zero-order valence-corrected chi connectivity index (χ0v) is 16.8. The summed E-state index contributed by atoms with van der Waals surface area (Å²) in [7, 11) is 0. The van der Waals surface area contributed by atoms with Crippen molar-refractivity contribution in [3.63, 3.8) is 0 Å². The highest BCUT2D eigenvalue weighted by molar-refractivity contribution is 5.89. The SMILES string of the molecule is CCCCCCCCOCCCCOCCCOC(=O)c1ccc(O)cc1. The highest BCUT2D eigenvalue weighted by atomic mass is 16.5. The van der Waals surface area contributed by atoms with Gasteiger partial charge >= 0.3 is 5.97 Å². The summed E-state index contributed by atoms with van der Waals surface area (Å²) >= 11 is 0. The smallest absolute Gasteiger partial charge is 0.338 e. The Kier molecular flexibility index (Phi) is 14.4. The highest BCUT2D eigenvalue weighted by Gasteiger charge is 2.06. The quantitative estimate of drug-likeness (QED) is 0.300. The summed E-state index contributed by atoms with van der Waals surface area (Å²) in [6.07, 6.45) is 10.5. The summed E-state index contributed by atoms with van der Waals surface area (Å²) in [6.45, 7) is 5.55. The molecule has 0 saturated heterocycles. The molecule has 0 heterocycles. The third-order valence-electron chi connectivity index (χ3n) is 4.24. The molecule has 0 unspecified atom stereocenters. The maximum atomic E-state index is 11.7. The number of phenols is 1. The Bertz CT molecular complexity index is 472. The number of hydrogen-bond donors (Lipinski definition) is 1. The van der Waals surface area contributed by atoms with Crippen LogP contribution in [0.15, 0.2) is 24.3 Å². The number of unbranched alkanes of at least 4 members (excludes halogenated alkanes) is 6. The minimum absolute atomic E-state index is 0.132. The predicted octanol–water partition coefficient (Wildman–Crippen LogP) is 5.11. The molecule has 5 heteroatoms. The van der Waals surface area contributed by atoms with Crippen LogP contribution < -0.4 is 0 Å². The van der Waals surface area contributed by atoms with Crippen LogP contribution in [-0.2, 0) is 14.2 Å². The largest absolute Gasteiger partial charge is 0.508 e. The van der Waals surface area contributed by atoms with E-state index in [0.717, 1.165) is 26.1 Å². The summed E-state index contributed by atoms with van der Waals surface area (Å²) in [5.41, 5.74) is 0.440. The van der Waals surface area contributed by atoms with Gasteiger partial charge in [0.15, 0.2) is 0 Å². The molecule has 0 fully saturated rings. The molecule has 154 valence electrons. The van der Waals surface area contributed by atoms with Crippen LogP contribution in [0.25, 0.3) is 0 Å². The standard InChI is InChI=1S/C22H36O5/c1-2-3-4-5-6-7-15-25-16-8-9-17-26-18-10-19-27-22(24)20-11-13-21(23)14-12-20/h11-14,23H,2-10,15-19H2,1H3. The molecule has 0 aliphatic rings. The Morgan fingerprint density at radius 2 is 1.26 bits per heavy atom. The van der Waals surface area contributed by atoms with Crippen LogP contribution in [0.1, 0.15) is 75.1 Å². The normalized spacial score (nSPS) is 10.9. The average molecular weight is 381 g/mol. The summed E-state index contributed by atoms with van der Waals surface area (Å²) in [5, 5.41) is 9.19. The molecule has 0 saturated carbocycles. The molecule has 5 nitrogen and oxygen atoms in total. The molecule has 27 heavy (non-hydrogen) atoms. The van der Waals surface area contributed by atoms with Crippen LogP contribution >= 0.6 is 0 Å². The maximum Gasteiger partial charge on any atom is 0.338 e. The van der Waals surface area contributed by atoms with Crippen molar-refractivity contribution in [1.29, 1.82) is 0 Å². The van der Waals surface area contributed by atoms with E-state index in [0.29, 0.717) is 31.8 Å². The highest BCUT2D eigenvalue weighted by Crippen LogP contribution is 2.10. The molecule has 1 N–H and O–H groups in total. The van der Waals surface area contributed by atoms with Crippen LogP contribution in [0.4, 0.5) is 0 Å². The average Bonchev–Trinajstić information content (AvgIpc) is 2.68. The summed E-state index contributed by atoms with van der Waals surface area (Å²) in [5.74, 6) is -0.245. The lowest BCUT2D eigenvalue weighted by Gasteiger charge is -2.07. The fourth-order valence-corrected chi connectivity index (χ4v) is 2.60. The lowest BCUT2D eigenvalue weighted by molar-refractivity contribution is 0.0438. The molecule has 0 amide bonds. The number of ether oxygens (including phenoxy) is 3. The van der Waals surface area contributed by atoms with Gasteiger partial charge in [0.1, 0.15) is 5.75 Å². The van der Waals surface area contributed by atoms with E-state index in [1.165, 1.54) is 50.7 Å². The van der Waals surface area contributed by atoms with Gasteiger partial charge in [-0.25, -0.2) is 4.79 Å². The number of aromatic hydroxyl groups is 1. The number of carbonyl (C=O) groups excluding carboxylic acids is 1. The summed E-state index contributed by atoms with van der Waals surface area (Å²) in [6, 6.07) is 6.03. The number of carbonyl (C=O) groups is 1. The predicted molar refractivity (Wildman–Crippen MR) is 107 cm³/mol. The Morgan fingerprint density at radius 1 is 0.741 bits per heavy atom. The van der Waals surface area contributed by atoms with Gasteiger partial charge in [-0.2, -0.15) is 0 Å². The van der Waals surface area contributed by atoms with Crippen molar-refractivity contribution in [2.24, 2.45) is 0 Å². The number of esters is 1. The zero-order chi connectivity index (χ0) is 19.6. The first-order valence-electron chi connectivity index (χ1n) is 10.4. The summed E-state index contributed by atoms with van der Waals surface area (Å²) < 4.78 is 16.3. The van der Waals surface area contributed by atoms with Crippen LogP contribution in [0.2, 0.25) is 0 Å². The first-order valence-corrected chi connectivity index (χ1v) is 10.4. The third kappa shape index (κ3) is 13.3. The molecule has 0 aliphatic heterocycles. The number of rotatable bonds is 17. The first-order chi connectivity index (χ1) is 13.2. The Balaban J connectivity index is 1.80. The molecule has 0 bridgehead atoms. The van der Waals surface area contributed by atoms with E-state index in [1.54, 1.807) is 12.1 Å². The van der Waals surface area contributed by atoms with Gasteiger partial charge in [-0.1, -0.05) is 39.0 Å². The van der Waals surface area contributed by atoms with E-state index in [9.17, 15) is 9.90 Å². The summed E-state index contributed by atoms with van der Waals surface area (Å²) in [4.78, 5) is 11.7. The van der Waals surface area contributed by atoms with Crippen molar-refractivity contribution in [2.75, 3.05) is 33.0 Å². The van der Waals surface area contributed by atoms with Crippen molar-refractivity contribution >= 4 is 5.97 Å². The minimum Gasteiger partial charge on any atom is -0.508 e. The molecule has 1 rings (SSSR count). The lowest BCUT2D eigenvalue weighted by Crippen LogP contribution is -2.08. The second-order valence-electron chi connectivity index (χ2n) is 6.74. The second kappa shape index (κ2) is 16.6. The van der Waals surface area contributed by atoms with E-state index in [-0.39, 0.29) is 11.7 Å². The minimum atomic E-state index is -0.377. The first kappa shape index (κ1) is 23.4.